The molecular formula is C20H19N3O3. The maximum atomic E-state index is 12.9. The van der Waals surface area contributed by atoms with Gasteiger partial charge in [0.1, 0.15) is 0 Å². The van der Waals surface area contributed by atoms with E-state index in [1.807, 2.05) is 54.6 Å². The zero-order chi connectivity index (χ0) is 18.1. The minimum Gasteiger partial charge on any atom is -0.481 e. The molecule has 1 amide bonds. The van der Waals surface area contributed by atoms with Gasteiger partial charge >= 0.3 is 5.97 Å². The van der Waals surface area contributed by atoms with Gasteiger partial charge in [-0.15, -0.1) is 0 Å². The van der Waals surface area contributed by atoms with Gasteiger partial charge in [0.05, 0.1) is 10.9 Å². The van der Waals surface area contributed by atoms with E-state index in [1.54, 1.807) is 4.90 Å². The second-order valence-corrected chi connectivity index (χ2v) is 6.66. The highest BCUT2D eigenvalue weighted by atomic mass is 16.4. The molecule has 1 aliphatic rings. The molecule has 0 radical (unpaired) electrons. The summed E-state index contributed by atoms with van der Waals surface area (Å²) in [5, 5.41) is 17.7. The summed E-state index contributed by atoms with van der Waals surface area (Å²) in [6, 6.07) is 16.8. The monoisotopic (exact) mass is 349 g/mol. The molecule has 2 N–H and O–H groups in total. The number of nitrogens with one attached hydrogen (secondary N) is 1. The molecule has 1 aliphatic heterocycles. The van der Waals surface area contributed by atoms with Crippen molar-refractivity contribution in [3.63, 3.8) is 0 Å². The van der Waals surface area contributed by atoms with E-state index < -0.39 is 11.4 Å². The summed E-state index contributed by atoms with van der Waals surface area (Å²) in [4.78, 5) is 26.6. The summed E-state index contributed by atoms with van der Waals surface area (Å²) in [7, 11) is 0. The van der Waals surface area contributed by atoms with E-state index in [4.69, 9.17) is 0 Å². The molecule has 0 saturated carbocycles. The number of H-pyrrole nitrogens is 1. The number of hydrogen-bond acceptors (Lipinski definition) is 3. The molecule has 1 aromatic heterocycles. The quantitative estimate of drug-likeness (QED) is 0.761. The molecule has 0 spiro atoms. The van der Waals surface area contributed by atoms with Crippen molar-refractivity contribution in [1.82, 2.24) is 15.1 Å². The summed E-state index contributed by atoms with van der Waals surface area (Å²) in [6.45, 7) is 0.780. The van der Waals surface area contributed by atoms with Crippen molar-refractivity contribution >= 4 is 22.8 Å². The molecule has 3 aromatic rings. The SMILES string of the molecule is O=C(c1n[nH]c2ccccc12)N1CCC(C(=O)O)(c2ccccc2)CC1. The van der Waals surface area contributed by atoms with Crippen LogP contribution >= 0.6 is 0 Å². The average Bonchev–Trinajstić information content (AvgIpc) is 3.12. The molecular weight excluding hydrogens is 330 g/mol. The number of piperidine rings is 1. The number of hydrogen-bond donors (Lipinski definition) is 2. The van der Waals surface area contributed by atoms with Crippen LogP contribution in [0.15, 0.2) is 54.6 Å². The third kappa shape index (κ3) is 2.54. The van der Waals surface area contributed by atoms with E-state index in [9.17, 15) is 14.7 Å². The number of carbonyl (C=O) groups excluding carboxylic acids is 1. The van der Waals surface area contributed by atoms with Crippen LogP contribution in [0.4, 0.5) is 0 Å². The molecule has 6 nitrogen and oxygen atoms in total. The third-order valence-corrected chi connectivity index (χ3v) is 5.31. The van der Waals surface area contributed by atoms with E-state index in [2.05, 4.69) is 10.2 Å². The summed E-state index contributed by atoms with van der Waals surface area (Å²) in [6.07, 6.45) is 0.779. The van der Waals surface area contributed by atoms with Gasteiger partial charge in [-0.2, -0.15) is 5.10 Å². The fourth-order valence-electron chi connectivity index (χ4n) is 3.75. The zero-order valence-electron chi connectivity index (χ0n) is 14.2. The van der Waals surface area contributed by atoms with Gasteiger partial charge in [-0.3, -0.25) is 14.7 Å². The van der Waals surface area contributed by atoms with Crippen molar-refractivity contribution in [2.75, 3.05) is 13.1 Å². The lowest BCUT2D eigenvalue weighted by molar-refractivity contribution is -0.145. The van der Waals surface area contributed by atoms with Crippen molar-refractivity contribution in [3.05, 3.63) is 65.9 Å². The van der Waals surface area contributed by atoms with Gasteiger partial charge in [0.2, 0.25) is 0 Å². The molecule has 26 heavy (non-hydrogen) atoms. The van der Waals surface area contributed by atoms with E-state index in [-0.39, 0.29) is 5.91 Å². The third-order valence-electron chi connectivity index (χ3n) is 5.31. The Morgan fingerprint density at radius 3 is 2.35 bits per heavy atom. The number of likely N-dealkylation sites (tertiary alicyclic amines) is 1. The van der Waals surface area contributed by atoms with Gasteiger partial charge in [-0.1, -0.05) is 48.5 Å². The van der Waals surface area contributed by atoms with Crippen molar-refractivity contribution in [3.8, 4) is 0 Å². The second kappa shape index (κ2) is 6.29. The minimum absolute atomic E-state index is 0.158. The maximum Gasteiger partial charge on any atom is 0.314 e. The Morgan fingerprint density at radius 1 is 1.00 bits per heavy atom. The van der Waals surface area contributed by atoms with Crippen LogP contribution in [-0.4, -0.2) is 45.2 Å². The number of carboxylic acid groups (broad SMARTS) is 1. The Morgan fingerprint density at radius 2 is 1.65 bits per heavy atom. The Labute approximate surface area is 150 Å². The molecule has 4 rings (SSSR count). The smallest absolute Gasteiger partial charge is 0.314 e. The molecule has 0 bridgehead atoms. The van der Waals surface area contributed by atoms with Gasteiger partial charge in [-0.25, -0.2) is 0 Å². The number of aromatic nitrogens is 2. The highest BCUT2D eigenvalue weighted by Crippen LogP contribution is 2.36. The van der Waals surface area contributed by atoms with E-state index in [0.717, 1.165) is 16.5 Å². The van der Waals surface area contributed by atoms with Crippen molar-refractivity contribution < 1.29 is 14.7 Å². The number of carbonyl (C=O) groups is 2. The second-order valence-electron chi connectivity index (χ2n) is 6.66. The Bertz CT molecular complexity index is 957. The summed E-state index contributed by atoms with van der Waals surface area (Å²) < 4.78 is 0. The largest absolute Gasteiger partial charge is 0.481 e. The van der Waals surface area contributed by atoms with Crippen LogP contribution in [0.2, 0.25) is 0 Å². The van der Waals surface area contributed by atoms with E-state index >= 15 is 0 Å². The standard InChI is InChI=1S/C20H19N3O3/c24-18(17-15-8-4-5-9-16(15)21-22-17)23-12-10-20(11-13-23,19(25)26)14-6-2-1-3-7-14/h1-9H,10-13H2,(H,21,22)(H,25,26). The predicted octanol–water partition coefficient (Wildman–Crippen LogP) is 2.82. The first-order valence-electron chi connectivity index (χ1n) is 8.63. The number of aromatic amines is 1. The first kappa shape index (κ1) is 16.3. The molecule has 0 unspecified atom stereocenters. The lowest BCUT2D eigenvalue weighted by atomic mass is 9.73. The van der Waals surface area contributed by atoms with Crippen LogP contribution in [0, 0.1) is 0 Å². The Hall–Kier alpha value is -3.15. The molecule has 1 saturated heterocycles. The number of amides is 1. The molecule has 2 heterocycles. The van der Waals surface area contributed by atoms with E-state index in [1.165, 1.54) is 0 Å². The van der Waals surface area contributed by atoms with Crippen molar-refractivity contribution in [2.24, 2.45) is 0 Å². The summed E-state index contributed by atoms with van der Waals surface area (Å²) >= 11 is 0. The molecule has 0 atom stereocenters. The zero-order valence-corrected chi connectivity index (χ0v) is 14.2. The van der Waals surface area contributed by atoms with Gasteiger partial charge in [-0.05, 0) is 24.5 Å². The number of rotatable bonds is 3. The number of para-hydroxylation sites is 1. The number of fused-ring (bicyclic) bond motifs is 1. The van der Waals surface area contributed by atoms with Crippen molar-refractivity contribution in [1.29, 1.82) is 0 Å². The van der Waals surface area contributed by atoms with Crippen LogP contribution in [0.1, 0.15) is 28.9 Å². The fraction of sp³-hybridized carbons (Fsp3) is 0.250. The molecule has 1 fully saturated rings. The lowest BCUT2D eigenvalue weighted by Gasteiger charge is -2.39. The average molecular weight is 349 g/mol. The van der Waals surface area contributed by atoms with Crippen LogP contribution in [0.3, 0.4) is 0 Å². The van der Waals surface area contributed by atoms with Gasteiger partial charge in [0.15, 0.2) is 5.69 Å². The highest BCUT2D eigenvalue weighted by molar-refractivity contribution is 6.04. The normalized spacial score (nSPS) is 16.5. The van der Waals surface area contributed by atoms with Crippen LogP contribution in [0.25, 0.3) is 10.9 Å². The molecule has 0 aliphatic carbocycles. The van der Waals surface area contributed by atoms with Crippen LogP contribution in [-0.2, 0) is 10.2 Å². The maximum absolute atomic E-state index is 12.9. The number of aliphatic carboxylic acids is 1. The summed E-state index contributed by atoms with van der Waals surface area (Å²) in [5.41, 5.74) is 1.07. The first-order valence-corrected chi connectivity index (χ1v) is 8.63. The number of benzene rings is 2. The van der Waals surface area contributed by atoms with Crippen LogP contribution < -0.4 is 0 Å². The summed E-state index contributed by atoms with van der Waals surface area (Å²) in [5.74, 6) is -0.990. The number of carboxylic acids is 1. The molecule has 6 heteroatoms. The topological polar surface area (TPSA) is 86.3 Å². The Kier molecular flexibility index (Phi) is 3.95. The van der Waals surface area contributed by atoms with Gasteiger partial charge in [0.25, 0.3) is 5.91 Å². The molecule has 132 valence electrons. The lowest BCUT2D eigenvalue weighted by Crippen LogP contribution is -2.49. The Balaban J connectivity index is 1.58. The molecule has 2 aromatic carbocycles. The van der Waals surface area contributed by atoms with Crippen molar-refractivity contribution in [2.45, 2.75) is 18.3 Å². The minimum atomic E-state index is -0.939. The van der Waals surface area contributed by atoms with Crippen LogP contribution in [0.5, 0.6) is 0 Å². The highest BCUT2D eigenvalue weighted by Gasteiger charge is 2.44. The van der Waals surface area contributed by atoms with E-state index in [0.29, 0.717) is 31.6 Å². The number of nitrogens with zero attached hydrogens (tertiary/aromatic N) is 2. The first-order chi connectivity index (χ1) is 12.6. The predicted molar refractivity (Wildman–Crippen MR) is 97.0 cm³/mol. The fourth-order valence-corrected chi connectivity index (χ4v) is 3.75. The van der Waals surface area contributed by atoms with Gasteiger partial charge in [0, 0.05) is 18.5 Å². The van der Waals surface area contributed by atoms with Gasteiger partial charge < -0.3 is 10.0 Å².